The van der Waals surface area contributed by atoms with E-state index in [-0.39, 0.29) is 34.2 Å². The molecular weight excluding hydrogens is 390 g/mol. The third-order valence-electron chi connectivity index (χ3n) is 4.86. The molecule has 0 saturated carbocycles. The van der Waals surface area contributed by atoms with Gasteiger partial charge in [-0.25, -0.2) is 4.79 Å². The van der Waals surface area contributed by atoms with Crippen molar-refractivity contribution in [3.8, 4) is 0 Å². The van der Waals surface area contributed by atoms with E-state index in [0.29, 0.717) is 0 Å². The number of alkyl carbamates (subject to hydrolysis) is 1. The first-order chi connectivity index (χ1) is 14.0. The van der Waals surface area contributed by atoms with Gasteiger partial charge in [0.15, 0.2) is 0 Å². The molecule has 2 atom stereocenters. The highest BCUT2D eigenvalue weighted by Gasteiger charge is 2.36. The average Bonchev–Trinajstić information content (AvgIpc) is 2.68. The number of aryl methyl sites for hydroxylation is 1. The Hall–Kier alpha value is -1.94. The zero-order valence-corrected chi connectivity index (χ0v) is 20.1. The van der Waals surface area contributed by atoms with Crippen molar-refractivity contribution in [2.45, 2.75) is 77.0 Å². The number of ether oxygens (including phenoxy) is 1. The second-order valence-electron chi connectivity index (χ2n) is 9.84. The van der Waals surface area contributed by atoms with Crippen molar-refractivity contribution in [2.24, 2.45) is 5.41 Å². The van der Waals surface area contributed by atoms with Crippen LogP contribution in [-0.2, 0) is 17.8 Å². The van der Waals surface area contributed by atoms with Crippen molar-refractivity contribution in [1.82, 2.24) is 5.32 Å². The molecule has 30 heavy (non-hydrogen) atoms. The summed E-state index contributed by atoms with van der Waals surface area (Å²) in [6, 6.07) is 20.4. The molecule has 0 fully saturated rings. The van der Waals surface area contributed by atoms with Gasteiger partial charge in [0.1, 0.15) is 6.61 Å². The number of rotatable bonds is 8. The fourth-order valence-corrected chi connectivity index (χ4v) is 5.22. The lowest BCUT2D eigenvalue weighted by Gasteiger charge is -2.39. The molecule has 2 rings (SSSR count). The molecule has 4 heteroatoms. The Morgan fingerprint density at radius 2 is 1.43 bits per heavy atom. The minimum atomic E-state index is -0.349. The van der Waals surface area contributed by atoms with Crippen LogP contribution in [0.1, 0.15) is 59.1 Å². The summed E-state index contributed by atoms with van der Waals surface area (Å²) in [5.74, 6) is 0. The van der Waals surface area contributed by atoms with Crippen molar-refractivity contribution < 1.29 is 9.53 Å². The fourth-order valence-electron chi connectivity index (χ4n) is 3.46. The van der Waals surface area contributed by atoms with Gasteiger partial charge in [0.2, 0.25) is 0 Å². The number of hydrogen-bond donors (Lipinski definition) is 1. The van der Waals surface area contributed by atoms with Crippen LogP contribution >= 0.6 is 11.8 Å². The van der Waals surface area contributed by atoms with Crippen LogP contribution in [0.2, 0.25) is 0 Å². The van der Waals surface area contributed by atoms with E-state index in [1.165, 1.54) is 5.56 Å². The zero-order chi connectivity index (χ0) is 22.2. The van der Waals surface area contributed by atoms with Crippen molar-refractivity contribution in [1.29, 1.82) is 0 Å². The number of carbonyl (C=O) groups is 1. The fraction of sp³-hybridized carbons (Fsp3) is 0.500. The molecule has 2 aromatic rings. The lowest BCUT2D eigenvalue weighted by Crippen LogP contribution is -2.51. The van der Waals surface area contributed by atoms with E-state index in [0.717, 1.165) is 18.4 Å². The molecular formula is C26H37NO2S. The third-order valence-corrected chi connectivity index (χ3v) is 6.37. The highest BCUT2D eigenvalue weighted by atomic mass is 32.2. The van der Waals surface area contributed by atoms with Gasteiger partial charge < -0.3 is 10.1 Å². The number of carbonyl (C=O) groups excluding carboxylic acids is 1. The van der Waals surface area contributed by atoms with Gasteiger partial charge in [-0.05, 0) is 29.4 Å². The largest absolute Gasteiger partial charge is 0.445 e. The minimum absolute atomic E-state index is 0.00582. The average molecular weight is 428 g/mol. The van der Waals surface area contributed by atoms with E-state index < -0.39 is 0 Å². The lowest BCUT2D eigenvalue weighted by atomic mass is 9.83. The van der Waals surface area contributed by atoms with Gasteiger partial charge in [-0.3, -0.25) is 0 Å². The van der Waals surface area contributed by atoms with Gasteiger partial charge >= 0.3 is 6.09 Å². The quantitative estimate of drug-likeness (QED) is 0.500. The molecule has 0 unspecified atom stereocenters. The molecule has 0 aliphatic carbocycles. The van der Waals surface area contributed by atoms with Gasteiger partial charge in [0.05, 0.1) is 0 Å². The van der Waals surface area contributed by atoms with Crippen LogP contribution in [0.25, 0.3) is 0 Å². The van der Waals surface area contributed by atoms with Crippen LogP contribution in [0.3, 0.4) is 0 Å². The van der Waals surface area contributed by atoms with E-state index >= 15 is 0 Å². The molecule has 0 heterocycles. The maximum atomic E-state index is 12.7. The second kappa shape index (κ2) is 10.9. The maximum Gasteiger partial charge on any atom is 0.407 e. The molecule has 0 spiro atoms. The first-order valence-corrected chi connectivity index (χ1v) is 11.6. The summed E-state index contributed by atoms with van der Waals surface area (Å²) in [5, 5.41) is 3.48. The molecule has 3 nitrogen and oxygen atoms in total. The monoisotopic (exact) mass is 427 g/mol. The first kappa shape index (κ1) is 24.3. The predicted octanol–water partition coefficient (Wildman–Crippen LogP) is 6.86. The standard InChI is InChI=1S/C26H37NO2S/c1-25(2,3)23(27-24(28)29-19-21-15-11-8-12-16-21)22(30-26(4,5)6)18-17-20-13-9-7-10-14-20/h7-16,22-23H,17-19H2,1-6H3,(H,27,28)/t22-,23-/m0/s1. The minimum Gasteiger partial charge on any atom is -0.445 e. The highest BCUT2D eigenvalue weighted by molar-refractivity contribution is 8.01. The summed E-state index contributed by atoms with van der Waals surface area (Å²) in [7, 11) is 0. The van der Waals surface area contributed by atoms with Crippen LogP contribution in [0.4, 0.5) is 4.79 Å². The van der Waals surface area contributed by atoms with Crippen LogP contribution < -0.4 is 5.32 Å². The normalized spacial score (nSPS) is 14.1. The van der Waals surface area contributed by atoms with E-state index in [1.807, 2.05) is 48.2 Å². The molecule has 164 valence electrons. The van der Waals surface area contributed by atoms with Gasteiger partial charge in [-0.1, -0.05) is 102 Å². The van der Waals surface area contributed by atoms with Gasteiger partial charge in [0, 0.05) is 16.0 Å². The summed E-state index contributed by atoms with van der Waals surface area (Å²) < 4.78 is 5.64. The molecule has 0 radical (unpaired) electrons. The highest BCUT2D eigenvalue weighted by Crippen LogP contribution is 2.38. The number of thioether (sulfide) groups is 1. The van der Waals surface area contributed by atoms with Crippen molar-refractivity contribution in [3.63, 3.8) is 0 Å². The zero-order valence-electron chi connectivity index (χ0n) is 19.3. The van der Waals surface area contributed by atoms with E-state index in [4.69, 9.17) is 4.74 Å². The van der Waals surface area contributed by atoms with Crippen LogP contribution in [0, 0.1) is 5.41 Å². The van der Waals surface area contributed by atoms with Crippen molar-refractivity contribution >= 4 is 17.9 Å². The van der Waals surface area contributed by atoms with Crippen LogP contribution in [0.5, 0.6) is 0 Å². The summed E-state index contributed by atoms with van der Waals surface area (Å²) in [6.45, 7) is 13.6. The molecule has 0 saturated heterocycles. The van der Waals surface area contributed by atoms with Crippen molar-refractivity contribution in [3.05, 3.63) is 71.8 Å². The Bertz CT molecular complexity index is 763. The maximum absolute atomic E-state index is 12.7. The van der Waals surface area contributed by atoms with Crippen LogP contribution in [-0.4, -0.2) is 22.1 Å². The first-order valence-electron chi connectivity index (χ1n) is 10.7. The predicted molar refractivity (Wildman–Crippen MR) is 129 cm³/mol. The Labute approximate surface area is 187 Å². The molecule has 1 amide bonds. The Morgan fingerprint density at radius 3 is 1.93 bits per heavy atom. The number of hydrogen-bond acceptors (Lipinski definition) is 3. The lowest BCUT2D eigenvalue weighted by molar-refractivity contribution is 0.125. The molecule has 0 aliphatic heterocycles. The molecule has 1 N–H and O–H groups in total. The number of benzene rings is 2. The second-order valence-corrected chi connectivity index (χ2v) is 11.9. The smallest absolute Gasteiger partial charge is 0.407 e. The summed E-state index contributed by atoms with van der Waals surface area (Å²) in [4.78, 5) is 12.7. The van der Waals surface area contributed by atoms with Crippen molar-refractivity contribution in [2.75, 3.05) is 0 Å². The SMILES string of the molecule is CC(C)(C)S[C@@H](CCc1ccccc1)[C@H](NC(=O)OCc1ccccc1)C(C)(C)C. The summed E-state index contributed by atoms with van der Waals surface area (Å²) in [6.07, 6.45) is 1.63. The Balaban J connectivity index is 2.10. The molecule has 0 aromatic heterocycles. The third kappa shape index (κ3) is 8.83. The van der Waals surface area contributed by atoms with E-state index in [2.05, 4.69) is 71.1 Å². The molecule has 2 aromatic carbocycles. The number of nitrogens with one attached hydrogen (secondary N) is 1. The summed E-state index contributed by atoms with van der Waals surface area (Å²) >= 11 is 1.94. The van der Waals surface area contributed by atoms with Crippen LogP contribution in [0.15, 0.2) is 60.7 Å². The Morgan fingerprint density at radius 1 is 0.900 bits per heavy atom. The summed E-state index contributed by atoms with van der Waals surface area (Å²) in [5.41, 5.74) is 2.23. The molecule has 0 bridgehead atoms. The molecule has 0 aliphatic rings. The topological polar surface area (TPSA) is 38.3 Å². The van der Waals surface area contributed by atoms with Gasteiger partial charge in [-0.2, -0.15) is 11.8 Å². The number of amides is 1. The van der Waals surface area contributed by atoms with E-state index in [1.54, 1.807) is 0 Å². The van der Waals surface area contributed by atoms with E-state index in [9.17, 15) is 4.79 Å². The van der Waals surface area contributed by atoms with Gasteiger partial charge in [0.25, 0.3) is 0 Å². The van der Waals surface area contributed by atoms with Gasteiger partial charge in [-0.15, -0.1) is 0 Å². The Kier molecular flexibility index (Phi) is 8.84.